The Balaban J connectivity index is 2.96. The van der Waals surface area contributed by atoms with Crippen LogP contribution in [-0.4, -0.2) is 18.6 Å². The van der Waals surface area contributed by atoms with Gasteiger partial charge in [-0.2, -0.15) is 18.4 Å². The SMILES string of the molecule is CC(C#N)CN(C)c1ncc(C(F)(F)F)cc1Cl. The third-order valence-electron chi connectivity index (χ3n) is 2.28. The van der Waals surface area contributed by atoms with Gasteiger partial charge in [-0.3, -0.25) is 0 Å². The maximum absolute atomic E-state index is 12.4. The fourth-order valence-corrected chi connectivity index (χ4v) is 1.72. The number of halogens is 4. The van der Waals surface area contributed by atoms with Gasteiger partial charge in [0.1, 0.15) is 5.82 Å². The van der Waals surface area contributed by atoms with Gasteiger partial charge < -0.3 is 4.90 Å². The van der Waals surface area contributed by atoms with E-state index in [9.17, 15) is 13.2 Å². The molecule has 3 nitrogen and oxygen atoms in total. The molecule has 0 bridgehead atoms. The van der Waals surface area contributed by atoms with Crippen molar-refractivity contribution < 1.29 is 13.2 Å². The summed E-state index contributed by atoms with van der Waals surface area (Å²) in [6.45, 7) is 2.04. The van der Waals surface area contributed by atoms with Crippen LogP contribution >= 0.6 is 11.6 Å². The summed E-state index contributed by atoms with van der Waals surface area (Å²) in [6.07, 6.45) is -3.73. The molecule has 0 radical (unpaired) electrons. The van der Waals surface area contributed by atoms with E-state index in [0.29, 0.717) is 6.54 Å². The van der Waals surface area contributed by atoms with Gasteiger partial charge >= 0.3 is 6.18 Å². The van der Waals surface area contributed by atoms with Crippen molar-refractivity contribution in [2.45, 2.75) is 13.1 Å². The molecule has 0 spiro atoms. The number of nitrogens with zero attached hydrogens (tertiary/aromatic N) is 3. The third-order valence-corrected chi connectivity index (χ3v) is 2.56. The number of hydrogen-bond acceptors (Lipinski definition) is 3. The minimum Gasteiger partial charge on any atom is -0.357 e. The number of hydrogen-bond donors (Lipinski definition) is 0. The van der Waals surface area contributed by atoms with Crippen LogP contribution in [0.25, 0.3) is 0 Å². The quantitative estimate of drug-likeness (QED) is 0.850. The van der Waals surface area contributed by atoms with Gasteiger partial charge in [0.15, 0.2) is 0 Å². The van der Waals surface area contributed by atoms with Gasteiger partial charge in [0.25, 0.3) is 0 Å². The Morgan fingerprint density at radius 2 is 2.17 bits per heavy atom. The molecule has 0 aliphatic heterocycles. The lowest BCUT2D eigenvalue weighted by Gasteiger charge is -2.21. The molecule has 18 heavy (non-hydrogen) atoms. The minimum absolute atomic E-state index is 0.0857. The molecule has 98 valence electrons. The summed E-state index contributed by atoms with van der Waals surface area (Å²) in [4.78, 5) is 5.25. The largest absolute Gasteiger partial charge is 0.417 e. The third kappa shape index (κ3) is 3.50. The van der Waals surface area contributed by atoms with Crippen LogP contribution in [0.15, 0.2) is 12.3 Å². The van der Waals surface area contributed by atoms with Gasteiger partial charge in [-0.1, -0.05) is 11.6 Å². The molecule has 1 atom stereocenters. The maximum atomic E-state index is 12.4. The molecule has 0 amide bonds. The number of alkyl halides is 3. The van der Waals surface area contributed by atoms with E-state index in [1.165, 1.54) is 0 Å². The molecule has 1 heterocycles. The summed E-state index contributed by atoms with van der Waals surface area (Å²) in [5.74, 6) is -0.0399. The average Bonchev–Trinajstić information content (AvgIpc) is 2.27. The number of pyridine rings is 1. The second-order valence-electron chi connectivity index (χ2n) is 3.94. The fraction of sp³-hybridized carbons (Fsp3) is 0.455. The zero-order valence-corrected chi connectivity index (χ0v) is 10.5. The summed E-state index contributed by atoms with van der Waals surface area (Å²) in [5.41, 5.74) is -0.891. The molecular weight excluding hydrogens is 267 g/mol. The highest BCUT2D eigenvalue weighted by molar-refractivity contribution is 6.33. The topological polar surface area (TPSA) is 39.9 Å². The van der Waals surface area contributed by atoms with Gasteiger partial charge in [-0.25, -0.2) is 4.98 Å². The zero-order chi connectivity index (χ0) is 13.9. The standard InChI is InChI=1S/C11H11ClF3N3/c1-7(4-16)6-18(2)10-9(12)3-8(5-17-10)11(13,14)15/h3,5,7H,6H2,1-2H3. The molecule has 1 aromatic rings. The van der Waals surface area contributed by atoms with Crippen molar-refractivity contribution in [2.75, 3.05) is 18.5 Å². The Bertz CT molecular complexity index is 468. The molecule has 7 heteroatoms. The van der Waals surface area contributed by atoms with Crippen molar-refractivity contribution in [1.82, 2.24) is 4.98 Å². The molecule has 0 aliphatic rings. The summed E-state index contributed by atoms with van der Waals surface area (Å²) >= 11 is 5.77. The molecule has 1 rings (SSSR count). The highest BCUT2D eigenvalue weighted by atomic mass is 35.5. The van der Waals surface area contributed by atoms with Crippen LogP contribution in [-0.2, 0) is 6.18 Å². The number of anilines is 1. The number of aromatic nitrogens is 1. The van der Waals surface area contributed by atoms with Crippen molar-refractivity contribution in [3.63, 3.8) is 0 Å². The maximum Gasteiger partial charge on any atom is 0.417 e. The van der Waals surface area contributed by atoms with Crippen LogP contribution in [0.2, 0.25) is 5.02 Å². The van der Waals surface area contributed by atoms with Crippen LogP contribution in [0.4, 0.5) is 19.0 Å². The van der Waals surface area contributed by atoms with Gasteiger partial charge in [0, 0.05) is 19.8 Å². The molecule has 0 aliphatic carbocycles. The van der Waals surface area contributed by atoms with E-state index < -0.39 is 11.7 Å². The lowest BCUT2D eigenvalue weighted by Crippen LogP contribution is -2.24. The van der Waals surface area contributed by atoms with Crippen molar-refractivity contribution in [3.8, 4) is 6.07 Å². The van der Waals surface area contributed by atoms with Crippen LogP contribution in [0.1, 0.15) is 12.5 Å². The van der Waals surface area contributed by atoms with E-state index in [1.807, 2.05) is 6.07 Å². The van der Waals surface area contributed by atoms with Gasteiger partial charge in [-0.15, -0.1) is 0 Å². The Labute approximate surface area is 108 Å². The lowest BCUT2D eigenvalue weighted by atomic mass is 10.2. The first-order valence-electron chi connectivity index (χ1n) is 5.09. The normalized spacial score (nSPS) is 12.9. The van der Waals surface area contributed by atoms with Crippen LogP contribution in [0.5, 0.6) is 0 Å². The summed E-state index contributed by atoms with van der Waals surface area (Å²) in [7, 11) is 1.62. The second kappa shape index (κ2) is 5.44. The smallest absolute Gasteiger partial charge is 0.357 e. The van der Waals surface area contributed by atoms with E-state index in [4.69, 9.17) is 16.9 Å². The van der Waals surface area contributed by atoms with E-state index in [0.717, 1.165) is 12.3 Å². The van der Waals surface area contributed by atoms with Crippen molar-refractivity contribution >= 4 is 17.4 Å². The Morgan fingerprint density at radius 1 is 1.56 bits per heavy atom. The average molecular weight is 278 g/mol. The first-order valence-corrected chi connectivity index (χ1v) is 5.47. The Kier molecular flexibility index (Phi) is 4.41. The molecule has 0 N–H and O–H groups in total. The lowest BCUT2D eigenvalue weighted by molar-refractivity contribution is -0.137. The summed E-state index contributed by atoms with van der Waals surface area (Å²) < 4.78 is 37.2. The highest BCUT2D eigenvalue weighted by Gasteiger charge is 2.31. The predicted octanol–water partition coefficient (Wildman–Crippen LogP) is 3.35. The molecule has 0 saturated carbocycles. The molecule has 0 aromatic carbocycles. The number of nitriles is 1. The van der Waals surface area contributed by atoms with Gasteiger partial charge in [0.2, 0.25) is 0 Å². The molecular formula is C11H11ClF3N3. The Morgan fingerprint density at radius 3 is 2.61 bits per heavy atom. The first kappa shape index (κ1) is 14.6. The van der Waals surface area contributed by atoms with E-state index in [-0.39, 0.29) is 16.8 Å². The van der Waals surface area contributed by atoms with Crippen molar-refractivity contribution in [3.05, 3.63) is 22.8 Å². The van der Waals surface area contributed by atoms with E-state index in [1.54, 1.807) is 18.9 Å². The van der Waals surface area contributed by atoms with E-state index in [2.05, 4.69) is 4.98 Å². The van der Waals surface area contributed by atoms with Crippen molar-refractivity contribution in [2.24, 2.45) is 5.92 Å². The predicted molar refractivity (Wildman–Crippen MR) is 62.3 cm³/mol. The number of rotatable bonds is 3. The van der Waals surface area contributed by atoms with E-state index >= 15 is 0 Å². The molecule has 0 fully saturated rings. The second-order valence-corrected chi connectivity index (χ2v) is 4.35. The van der Waals surface area contributed by atoms with Gasteiger partial charge in [0.05, 0.1) is 22.6 Å². The first-order chi connectivity index (χ1) is 8.25. The zero-order valence-electron chi connectivity index (χ0n) is 9.79. The van der Waals surface area contributed by atoms with Crippen LogP contribution < -0.4 is 4.90 Å². The van der Waals surface area contributed by atoms with Gasteiger partial charge in [-0.05, 0) is 13.0 Å². The molecule has 1 aromatic heterocycles. The van der Waals surface area contributed by atoms with Crippen LogP contribution in [0, 0.1) is 17.2 Å². The van der Waals surface area contributed by atoms with Crippen LogP contribution in [0.3, 0.4) is 0 Å². The minimum atomic E-state index is -4.46. The summed E-state index contributed by atoms with van der Waals surface area (Å²) in [5, 5.41) is 8.59. The molecule has 0 saturated heterocycles. The Hall–Kier alpha value is -1.48. The monoisotopic (exact) mass is 277 g/mol. The summed E-state index contributed by atoms with van der Waals surface area (Å²) in [6, 6.07) is 2.86. The fourth-order valence-electron chi connectivity index (χ4n) is 1.40. The molecule has 1 unspecified atom stereocenters. The van der Waals surface area contributed by atoms with Crippen molar-refractivity contribution in [1.29, 1.82) is 5.26 Å². The highest BCUT2D eigenvalue weighted by Crippen LogP contribution is 2.33.